The largest absolute Gasteiger partial charge is 0.358 e. The molecule has 0 aliphatic heterocycles. The van der Waals surface area contributed by atoms with Gasteiger partial charge in [-0.3, -0.25) is 4.79 Å². The molecule has 0 bridgehead atoms. The fourth-order valence-electron chi connectivity index (χ4n) is 4.19. The number of hydrogen-bond donors (Lipinski definition) is 3. The van der Waals surface area contributed by atoms with E-state index in [1.165, 1.54) is 44.2 Å². The minimum Gasteiger partial charge on any atom is -0.358 e. The van der Waals surface area contributed by atoms with Gasteiger partial charge in [-0.2, -0.15) is 4.98 Å². The molecule has 174 valence electrons. The van der Waals surface area contributed by atoms with Gasteiger partial charge in [-0.05, 0) is 55.7 Å². The number of anilines is 2. The van der Waals surface area contributed by atoms with Crippen LogP contribution in [0.2, 0.25) is 0 Å². The molecule has 3 rings (SSSR count). The SMILES string of the molecule is Cc1cc(N[C@@H](CC(C)C)C(=O)NCc2cccc(F)c2)nc(NCC2CCCCC2)n1. The minimum absolute atomic E-state index is 0.129. The first-order valence-electron chi connectivity index (χ1n) is 11.8. The van der Waals surface area contributed by atoms with E-state index >= 15 is 0 Å². The van der Waals surface area contributed by atoms with Crippen molar-refractivity contribution in [1.82, 2.24) is 15.3 Å². The van der Waals surface area contributed by atoms with E-state index in [4.69, 9.17) is 0 Å². The van der Waals surface area contributed by atoms with E-state index in [9.17, 15) is 9.18 Å². The van der Waals surface area contributed by atoms with E-state index in [0.29, 0.717) is 30.0 Å². The van der Waals surface area contributed by atoms with Crippen molar-refractivity contribution in [3.8, 4) is 0 Å². The van der Waals surface area contributed by atoms with E-state index < -0.39 is 6.04 Å². The summed E-state index contributed by atoms with van der Waals surface area (Å²) in [6, 6.07) is 7.69. The molecule has 1 heterocycles. The Morgan fingerprint density at radius 1 is 1.16 bits per heavy atom. The van der Waals surface area contributed by atoms with Crippen LogP contribution < -0.4 is 16.0 Å². The van der Waals surface area contributed by atoms with Crippen molar-refractivity contribution in [2.24, 2.45) is 11.8 Å². The van der Waals surface area contributed by atoms with E-state index in [1.54, 1.807) is 12.1 Å². The molecular formula is C25H36FN5O. The van der Waals surface area contributed by atoms with Crippen molar-refractivity contribution in [2.75, 3.05) is 17.2 Å². The first kappa shape index (κ1) is 24.0. The van der Waals surface area contributed by atoms with Gasteiger partial charge in [-0.15, -0.1) is 0 Å². The third kappa shape index (κ3) is 7.77. The summed E-state index contributed by atoms with van der Waals surface area (Å²) in [7, 11) is 0. The molecule has 0 saturated heterocycles. The molecule has 1 amide bonds. The summed E-state index contributed by atoms with van der Waals surface area (Å²) in [5.41, 5.74) is 1.57. The highest BCUT2D eigenvalue weighted by molar-refractivity contribution is 5.84. The highest BCUT2D eigenvalue weighted by Crippen LogP contribution is 2.24. The summed E-state index contributed by atoms with van der Waals surface area (Å²) in [6.07, 6.45) is 7.11. The Morgan fingerprint density at radius 3 is 2.66 bits per heavy atom. The van der Waals surface area contributed by atoms with Crippen molar-refractivity contribution in [2.45, 2.75) is 71.9 Å². The van der Waals surface area contributed by atoms with Crippen molar-refractivity contribution < 1.29 is 9.18 Å². The molecule has 1 aliphatic rings. The van der Waals surface area contributed by atoms with Gasteiger partial charge in [0.15, 0.2) is 0 Å². The first-order valence-corrected chi connectivity index (χ1v) is 11.8. The van der Waals surface area contributed by atoms with Gasteiger partial charge in [0.25, 0.3) is 0 Å². The van der Waals surface area contributed by atoms with Crippen LogP contribution in [0.25, 0.3) is 0 Å². The predicted octanol–water partition coefficient (Wildman–Crippen LogP) is 5.06. The summed E-state index contributed by atoms with van der Waals surface area (Å²) in [6.45, 7) is 7.25. The maximum atomic E-state index is 13.4. The molecule has 3 N–H and O–H groups in total. The lowest BCUT2D eigenvalue weighted by molar-refractivity contribution is -0.122. The van der Waals surface area contributed by atoms with Crippen LogP contribution in [-0.2, 0) is 11.3 Å². The molecule has 1 aliphatic carbocycles. The lowest BCUT2D eigenvalue weighted by Crippen LogP contribution is -2.40. The number of rotatable bonds is 10. The summed E-state index contributed by atoms with van der Waals surface area (Å²) in [4.78, 5) is 22.0. The molecule has 0 unspecified atom stereocenters. The third-order valence-corrected chi connectivity index (χ3v) is 5.83. The zero-order chi connectivity index (χ0) is 22.9. The van der Waals surface area contributed by atoms with Gasteiger partial charge in [-0.25, -0.2) is 9.37 Å². The van der Waals surface area contributed by atoms with Gasteiger partial charge in [0.05, 0.1) is 0 Å². The number of amides is 1. The molecule has 1 aromatic heterocycles. The van der Waals surface area contributed by atoms with Crippen LogP contribution >= 0.6 is 0 Å². The van der Waals surface area contributed by atoms with Crippen molar-refractivity contribution in [1.29, 1.82) is 0 Å². The first-order chi connectivity index (χ1) is 15.4. The van der Waals surface area contributed by atoms with E-state index in [2.05, 4.69) is 39.8 Å². The second kappa shape index (κ2) is 11.8. The number of hydrogen-bond acceptors (Lipinski definition) is 5. The van der Waals surface area contributed by atoms with Crippen LogP contribution in [0.3, 0.4) is 0 Å². The van der Waals surface area contributed by atoms with Gasteiger partial charge in [0, 0.05) is 24.8 Å². The quantitative estimate of drug-likeness (QED) is 0.480. The van der Waals surface area contributed by atoms with Crippen LogP contribution in [0.1, 0.15) is 63.6 Å². The highest BCUT2D eigenvalue weighted by Gasteiger charge is 2.21. The Kier molecular flexibility index (Phi) is 8.82. The lowest BCUT2D eigenvalue weighted by Gasteiger charge is -2.23. The number of nitrogens with one attached hydrogen (secondary N) is 3. The van der Waals surface area contributed by atoms with Crippen molar-refractivity contribution >= 4 is 17.7 Å². The number of benzene rings is 1. The average molecular weight is 442 g/mol. The van der Waals surface area contributed by atoms with Gasteiger partial charge in [0.2, 0.25) is 11.9 Å². The van der Waals surface area contributed by atoms with Gasteiger partial charge in [-0.1, -0.05) is 45.2 Å². The molecule has 0 radical (unpaired) electrons. The molecule has 1 aromatic carbocycles. The Balaban J connectivity index is 1.63. The Morgan fingerprint density at radius 2 is 1.94 bits per heavy atom. The molecular weight excluding hydrogens is 405 g/mol. The number of aromatic nitrogens is 2. The van der Waals surface area contributed by atoms with Crippen LogP contribution in [0, 0.1) is 24.6 Å². The maximum Gasteiger partial charge on any atom is 0.242 e. The normalized spacial score (nSPS) is 15.4. The highest BCUT2D eigenvalue weighted by atomic mass is 19.1. The topological polar surface area (TPSA) is 78.9 Å². The van der Waals surface area contributed by atoms with Gasteiger partial charge >= 0.3 is 0 Å². The summed E-state index contributed by atoms with van der Waals surface area (Å²) >= 11 is 0. The second-order valence-electron chi connectivity index (χ2n) is 9.28. The fourth-order valence-corrected chi connectivity index (χ4v) is 4.19. The van der Waals surface area contributed by atoms with Gasteiger partial charge < -0.3 is 16.0 Å². The number of nitrogens with zero attached hydrogens (tertiary/aromatic N) is 2. The zero-order valence-corrected chi connectivity index (χ0v) is 19.5. The monoisotopic (exact) mass is 441 g/mol. The maximum absolute atomic E-state index is 13.4. The second-order valence-corrected chi connectivity index (χ2v) is 9.28. The van der Waals surface area contributed by atoms with Crippen LogP contribution in [0.4, 0.5) is 16.2 Å². The van der Waals surface area contributed by atoms with Crippen LogP contribution in [0.5, 0.6) is 0 Å². The van der Waals surface area contributed by atoms with E-state index in [-0.39, 0.29) is 18.3 Å². The molecule has 6 nitrogen and oxygen atoms in total. The third-order valence-electron chi connectivity index (χ3n) is 5.83. The molecule has 32 heavy (non-hydrogen) atoms. The molecule has 7 heteroatoms. The van der Waals surface area contributed by atoms with Crippen LogP contribution in [0.15, 0.2) is 30.3 Å². The molecule has 1 atom stereocenters. The van der Waals surface area contributed by atoms with E-state index in [0.717, 1.165) is 17.8 Å². The summed E-state index contributed by atoms with van der Waals surface area (Å²) in [5, 5.41) is 9.61. The van der Waals surface area contributed by atoms with E-state index in [1.807, 2.05) is 13.0 Å². The minimum atomic E-state index is -0.441. The van der Waals surface area contributed by atoms with Gasteiger partial charge in [0.1, 0.15) is 17.7 Å². The molecule has 1 saturated carbocycles. The molecule has 1 fully saturated rings. The average Bonchev–Trinajstić information content (AvgIpc) is 2.76. The zero-order valence-electron chi connectivity index (χ0n) is 19.5. The predicted molar refractivity (Wildman–Crippen MR) is 127 cm³/mol. The molecule has 2 aromatic rings. The van der Waals surface area contributed by atoms with Crippen molar-refractivity contribution in [3.05, 3.63) is 47.4 Å². The summed E-state index contributed by atoms with van der Waals surface area (Å²) in [5.74, 6) is 1.79. The van der Waals surface area contributed by atoms with Crippen LogP contribution in [-0.4, -0.2) is 28.5 Å². The standard InChI is InChI=1S/C25H36FN5O/c1-17(2)12-22(24(32)27-16-20-10-7-11-21(26)14-20)30-23-13-18(3)29-25(31-23)28-15-19-8-5-4-6-9-19/h7,10-11,13-14,17,19,22H,4-6,8-9,12,15-16H2,1-3H3,(H,27,32)(H2,28,29,30,31)/t22-/m0/s1. The Labute approximate surface area is 190 Å². The number of aryl methyl sites for hydroxylation is 1. The number of carbonyl (C=O) groups is 1. The number of carbonyl (C=O) groups excluding carboxylic acids is 1. The Hall–Kier alpha value is -2.70. The van der Waals surface area contributed by atoms with Crippen molar-refractivity contribution in [3.63, 3.8) is 0 Å². The molecule has 0 spiro atoms. The smallest absolute Gasteiger partial charge is 0.242 e. The lowest BCUT2D eigenvalue weighted by atomic mass is 9.89. The summed E-state index contributed by atoms with van der Waals surface area (Å²) < 4.78 is 13.4. The fraction of sp³-hybridized carbons (Fsp3) is 0.560. The Bertz CT molecular complexity index is 882. The number of halogens is 1.